The van der Waals surface area contributed by atoms with E-state index in [0.717, 1.165) is 6.42 Å². The average molecular weight is 315 g/mol. The number of Topliss-reactive ketones (excluding diaryl/α,β-unsaturated/α-hetero) is 1. The predicted molar refractivity (Wildman–Crippen MR) is 57.7 cm³/mol. The molecular formula is C10H15BrN6O. The summed E-state index contributed by atoms with van der Waals surface area (Å²) in [5.41, 5.74) is 0. The molecule has 0 aliphatic carbocycles. The molecule has 0 spiro atoms. The van der Waals surface area contributed by atoms with Crippen LogP contribution in [-0.4, -0.2) is 30.6 Å². The first-order valence-corrected chi connectivity index (χ1v) is 5.47. The van der Waals surface area contributed by atoms with Gasteiger partial charge in [-0.15, -0.1) is 5.10 Å². The summed E-state index contributed by atoms with van der Waals surface area (Å²) in [4.78, 5) is 11.7. The van der Waals surface area contributed by atoms with Crippen molar-refractivity contribution >= 4 is 5.78 Å². The Hall–Kier alpha value is -1.57. The Balaban J connectivity index is 0.00000162. The van der Waals surface area contributed by atoms with Crippen LogP contribution in [-0.2, 0) is 24.9 Å². The van der Waals surface area contributed by atoms with Gasteiger partial charge in [0.15, 0.2) is 5.78 Å². The van der Waals surface area contributed by atoms with Crippen LogP contribution in [0.1, 0.15) is 12.8 Å². The third kappa shape index (κ3) is 4.36. The molecule has 0 aliphatic rings. The standard InChI is InChI=1S/C10H15N6O.BrH/c1-14-5-6-15(9-14)7-10(17)3-2-4-16-8-11-12-13-16;/h5-6,8-9H,2-4,7H2,1H3;1H/q+1;/p-1. The van der Waals surface area contributed by atoms with E-state index in [-0.39, 0.29) is 22.8 Å². The van der Waals surface area contributed by atoms with Crippen LogP contribution in [0.4, 0.5) is 0 Å². The smallest absolute Gasteiger partial charge is 0.243 e. The van der Waals surface area contributed by atoms with Gasteiger partial charge in [0.25, 0.3) is 0 Å². The van der Waals surface area contributed by atoms with Gasteiger partial charge >= 0.3 is 0 Å². The van der Waals surface area contributed by atoms with Gasteiger partial charge in [0.2, 0.25) is 6.33 Å². The highest BCUT2D eigenvalue weighted by Crippen LogP contribution is 1.97. The lowest BCUT2D eigenvalue weighted by Crippen LogP contribution is -3.00. The Bertz CT molecular complexity index is 480. The van der Waals surface area contributed by atoms with Crippen LogP contribution in [0, 0.1) is 0 Å². The van der Waals surface area contributed by atoms with Crippen molar-refractivity contribution in [3.8, 4) is 0 Å². The minimum absolute atomic E-state index is 0. The van der Waals surface area contributed by atoms with Crippen LogP contribution in [0.3, 0.4) is 0 Å². The molecule has 0 amide bonds. The average Bonchev–Trinajstić information content (AvgIpc) is 2.90. The molecule has 0 saturated heterocycles. The first kappa shape index (κ1) is 14.5. The fraction of sp³-hybridized carbons (Fsp3) is 0.500. The van der Waals surface area contributed by atoms with Gasteiger partial charge in [0.1, 0.15) is 25.3 Å². The number of halogens is 1. The number of ketones is 1. The van der Waals surface area contributed by atoms with Crippen molar-refractivity contribution in [1.82, 2.24) is 24.8 Å². The summed E-state index contributed by atoms with van der Waals surface area (Å²) in [7, 11) is 1.93. The van der Waals surface area contributed by atoms with Gasteiger partial charge in [-0.3, -0.25) is 4.79 Å². The molecule has 0 atom stereocenters. The van der Waals surface area contributed by atoms with Crippen LogP contribution < -0.4 is 21.5 Å². The number of tetrazole rings is 1. The Labute approximate surface area is 115 Å². The van der Waals surface area contributed by atoms with E-state index in [4.69, 9.17) is 0 Å². The van der Waals surface area contributed by atoms with Crippen molar-refractivity contribution < 1.29 is 26.3 Å². The van der Waals surface area contributed by atoms with E-state index < -0.39 is 0 Å². The maximum absolute atomic E-state index is 11.7. The first-order valence-electron chi connectivity index (χ1n) is 5.47. The molecule has 2 heterocycles. The molecule has 0 radical (unpaired) electrons. The highest BCUT2D eigenvalue weighted by atomic mass is 79.9. The minimum Gasteiger partial charge on any atom is -1.00 e. The molecule has 0 bridgehead atoms. The maximum atomic E-state index is 11.7. The third-order valence-corrected chi connectivity index (χ3v) is 2.42. The third-order valence-electron chi connectivity index (χ3n) is 2.42. The second-order valence-corrected chi connectivity index (χ2v) is 3.97. The van der Waals surface area contributed by atoms with Crippen LogP contribution >= 0.6 is 0 Å². The molecule has 0 aromatic carbocycles. The van der Waals surface area contributed by atoms with Gasteiger partial charge in [-0.2, -0.15) is 0 Å². The fourth-order valence-electron chi connectivity index (χ4n) is 1.60. The normalized spacial score (nSPS) is 10.1. The SMILES string of the molecule is C[n+]1ccn(CC(=O)CCCn2cnnn2)c1.[Br-]. The molecule has 18 heavy (non-hydrogen) atoms. The number of hydrogen-bond acceptors (Lipinski definition) is 4. The number of carbonyl (C=O) groups is 1. The molecule has 2 aromatic heterocycles. The number of hydrogen-bond donors (Lipinski definition) is 0. The van der Waals surface area contributed by atoms with E-state index in [1.807, 2.05) is 34.9 Å². The van der Waals surface area contributed by atoms with Crippen LogP contribution in [0.2, 0.25) is 0 Å². The second kappa shape index (κ2) is 7.00. The lowest BCUT2D eigenvalue weighted by molar-refractivity contribution is -0.671. The Morgan fingerprint density at radius 1 is 1.44 bits per heavy atom. The van der Waals surface area contributed by atoms with Gasteiger partial charge in [-0.1, -0.05) is 0 Å². The predicted octanol–water partition coefficient (Wildman–Crippen LogP) is -3.65. The Morgan fingerprint density at radius 3 is 2.89 bits per heavy atom. The number of rotatable bonds is 6. The first-order chi connectivity index (χ1) is 8.24. The van der Waals surface area contributed by atoms with Crippen LogP contribution in [0.25, 0.3) is 0 Å². The van der Waals surface area contributed by atoms with E-state index >= 15 is 0 Å². The zero-order valence-corrected chi connectivity index (χ0v) is 11.7. The van der Waals surface area contributed by atoms with E-state index in [0.29, 0.717) is 19.5 Å². The van der Waals surface area contributed by atoms with Crippen molar-refractivity contribution in [1.29, 1.82) is 0 Å². The van der Waals surface area contributed by atoms with Gasteiger partial charge in [0, 0.05) is 13.0 Å². The summed E-state index contributed by atoms with van der Waals surface area (Å²) in [5, 5.41) is 10.8. The molecular weight excluding hydrogens is 300 g/mol. The number of aryl methyl sites for hydroxylation is 2. The van der Waals surface area contributed by atoms with E-state index in [1.54, 1.807) is 11.0 Å². The van der Waals surface area contributed by atoms with E-state index in [9.17, 15) is 4.79 Å². The summed E-state index contributed by atoms with van der Waals surface area (Å²) in [6.45, 7) is 1.11. The molecule has 0 aliphatic heterocycles. The quantitative estimate of drug-likeness (QED) is 0.516. The number of carbonyl (C=O) groups excluding carboxylic acids is 1. The minimum atomic E-state index is 0. The highest BCUT2D eigenvalue weighted by Gasteiger charge is 2.07. The lowest BCUT2D eigenvalue weighted by atomic mass is 10.2. The Morgan fingerprint density at radius 2 is 2.28 bits per heavy atom. The molecule has 2 rings (SSSR count). The summed E-state index contributed by atoms with van der Waals surface area (Å²) in [6, 6.07) is 0. The second-order valence-electron chi connectivity index (χ2n) is 3.97. The van der Waals surface area contributed by atoms with Gasteiger partial charge in [-0.05, 0) is 16.8 Å². The molecule has 8 heteroatoms. The number of aromatic nitrogens is 6. The summed E-state index contributed by atoms with van der Waals surface area (Å²) in [5.74, 6) is 0.217. The lowest BCUT2D eigenvalue weighted by Gasteiger charge is -1.98. The maximum Gasteiger partial charge on any atom is 0.243 e. The highest BCUT2D eigenvalue weighted by molar-refractivity contribution is 5.78. The van der Waals surface area contributed by atoms with Gasteiger partial charge < -0.3 is 17.0 Å². The molecule has 0 N–H and O–H groups in total. The molecule has 0 fully saturated rings. The molecule has 98 valence electrons. The van der Waals surface area contributed by atoms with E-state index in [2.05, 4.69) is 15.5 Å². The van der Waals surface area contributed by atoms with Crippen molar-refractivity contribution in [2.45, 2.75) is 25.9 Å². The zero-order chi connectivity index (χ0) is 12.1. The molecule has 2 aromatic rings. The summed E-state index contributed by atoms with van der Waals surface area (Å²) < 4.78 is 5.41. The number of imidazole rings is 1. The fourth-order valence-corrected chi connectivity index (χ4v) is 1.60. The zero-order valence-electron chi connectivity index (χ0n) is 10.1. The van der Waals surface area contributed by atoms with Crippen molar-refractivity contribution in [2.75, 3.05) is 0 Å². The Kier molecular flexibility index (Phi) is 5.63. The van der Waals surface area contributed by atoms with Crippen LogP contribution in [0.15, 0.2) is 25.0 Å². The largest absolute Gasteiger partial charge is 1.00 e. The van der Waals surface area contributed by atoms with Crippen LogP contribution in [0.5, 0.6) is 0 Å². The van der Waals surface area contributed by atoms with Crippen molar-refractivity contribution in [3.05, 3.63) is 25.0 Å². The van der Waals surface area contributed by atoms with Crippen molar-refractivity contribution in [3.63, 3.8) is 0 Å². The molecule has 0 unspecified atom stereocenters. The van der Waals surface area contributed by atoms with Gasteiger partial charge in [-0.25, -0.2) is 13.8 Å². The topological polar surface area (TPSA) is 69.5 Å². The monoisotopic (exact) mass is 314 g/mol. The molecule has 7 nitrogen and oxygen atoms in total. The van der Waals surface area contributed by atoms with Gasteiger partial charge in [0.05, 0.1) is 7.05 Å². The van der Waals surface area contributed by atoms with Crippen molar-refractivity contribution in [2.24, 2.45) is 7.05 Å². The molecule has 0 saturated carbocycles. The summed E-state index contributed by atoms with van der Waals surface area (Å²) in [6.07, 6.45) is 8.54. The summed E-state index contributed by atoms with van der Waals surface area (Å²) >= 11 is 0. The number of nitrogens with zero attached hydrogens (tertiary/aromatic N) is 6. The van der Waals surface area contributed by atoms with E-state index in [1.165, 1.54) is 0 Å².